The van der Waals surface area contributed by atoms with Crippen molar-refractivity contribution in [3.05, 3.63) is 84.2 Å². The van der Waals surface area contributed by atoms with E-state index < -0.39 is 23.5 Å². The SMILES string of the molecule is C=CCOc1ccc(C(=O)Oc2ccc3c(F)c(C(F)(F)F)ccc3c2)cc1. The van der Waals surface area contributed by atoms with Gasteiger partial charge in [0.15, 0.2) is 0 Å². The van der Waals surface area contributed by atoms with Crippen LogP contribution in [0.1, 0.15) is 15.9 Å². The molecule has 0 saturated carbocycles. The molecule has 144 valence electrons. The van der Waals surface area contributed by atoms with E-state index >= 15 is 0 Å². The maximum absolute atomic E-state index is 14.1. The zero-order valence-electron chi connectivity index (χ0n) is 14.4. The van der Waals surface area contributed by atoms with Crippen molar-refractivity contribution in [2.75, 3.05) is 6.61 Å². The Morgan fingerprint density at radius 1 is 1.00 bits per heavy atom. The highest BCUT2D eigenvalue weighted by molar-refractivity contribution is 5.92. The third-order valence-corrected chi connectivity index (χ3v) is 3.90. The second-order valence-electron chi connectivity index (χ2n) is 5.82. The Balaban J connectivity index is 1.80. The molecule has 28 heavy (non-hydrogen) atoms. The Hall–Kier alpha value is -3.35. The number of esters is 1. The van der Waals surface area contributed by atoms with Gasteiger partial charge in [-0.1, -0.05) is 18.7 Å². The molecule has 0 aliphatic heterocycles. The van der Waals surface area contributed by atoms with Crippen LogP contribution in [0.4, 0.5) is 17.6 Å². The monoisotopic (exact) mass is 390 g/mol. The third kappa shape index (κ3) is 4.14. The molecule has 0 fully saturated rings. The lowest BCUT2D eigenvalue weighted by Gasteiger charge is -2.11. The molecule has 0 bridgehead atoms. The van der Waals surface area contributed by atoms with Gasteiger partial charge in [-0.3, -0.25) is 0 Å². The Kier molecular flexibility index (Phi) is 5.35. The minimum absolute atomic E-state index is 0.0867. The third-order valence-electron chi connectivity index (χ3n) is 3.90. The molecule has 0 amide bonds. The average Bonchev–Trinajstić information content (AvgIpc) is 2.66. The van der Waals surface area contributed by atoms with Crippen LogP contribution in [0, 0.1) is 5.82 Å². The summed E-state index contributed by atoms with van der Waals surface area (Å²) in [5.74, 6) is -1.39. The molecule has 0 unspecified atom stereocenters. The maximum atomic E-state index is 14.1. The van der Waals surface area contributed by atoms with E-state index in [0.29, 0.717) is 18.4 Å². The molecule has 0 spiro atoms. The number of hydrogen-bond acceptors (Lipinski definition) is 3. The van der Waals surface area contributed by atoms with E-state index in [9.17, 15) is 22.4 Å². The van der Waals surface area contributed by atoms with Crippen LogP contribution in [0.2, 0.25) is 0 Å². The van der Waals surface area contributed by atoms with Crippen molar-refractivity contribution in [3.8, 4) is 11.5 Å². The minimum atomic E-state index is -4.79. The first-order chi connectivity index (χ1) is 13.3. The number of fused-ring (bicyclic) bond motifs is 1. The van der Waals surface area contributed by atoms with E-state index in [4.69, 9.17) is 9.47 Å². The van der Waals surface area contributed by atoms with E-state index in [1.807, 2.05) is 0 Å². The lowest BCUT2D eigenvalue weighted by atomic mass is 10.1. The summed E-state index contributed by atoms with van der Waals surface area (Å²) in [6.07, 6.45) is -3.20. The predicted molar refractivity (Wildman–Crippen MR) is 96.0 cm³/mol. The first kappa shape index (κ1) is 19.4. The second-order valence-corrected chi connectivity index (χ2v) is 5.82. The summed E-state index contributed by atoms with van der Waals surface area (Å²) >= 11 is 0. The fourth-order valence-corrected chi connectivity index (χ4v) is 2.56. The highest BCUT2D eigenvalue weighted by Gasteiger charge is 2.34. The summed E-state index contributed by atoms with van der Waals surface area (Å²) in [6, 6.07) is 11.7. The molecule has 0 heterocycles. The van der Waals surface area contributed by atoms with Crippen molar-refractivity contribution in [2.24, 2.45) is 0 Å². The van der Waals surface area contributed by atoms with E-state index in [1.54, 1.807) is 18.2 Å². The first-order valence-electron chi connectivity index (χ1n) is 8.15. The number of ether oxygens (including phenoxy) is 2. The van der Waals surface area contributed by atoms with Gasteiger partial charge in [0, 0.05) is 5.39 Å². The van der Waals surface area contributed by atoms with Crippen molar-refractivity contribution in [1.29, 1.82) is 0 Å². The number of hydrogen-bond donors (Lipinski definition) is 0. The summed E-state index contributed by atoms with van der Waals surface area (Å²) in [6.45, 7) is 3.86. The van der Waals surface area contributed by atoms with Crippen LogP contribution >= 0.6 is 0 Å². The van der Waals surface area contributed by atoms with Gasteiger partial charge in [-0.2, -0.15) is 13.2 Å². The lowest BCUT2D eigenvalue weighted by Crippen LogP contribution is -2.09. The topological polar surface area (TPSA) is 35.5 Å². The number of benzene rings is 3. The Morgan fingerprint density at radius 3 is 2.32 bits per heavy atom. The van der Waals surface area contributed by atoms with E-state index in [1.165, 1.54) is 24.3 Å². The first-order valence-corrected chi connectivity index (χ1v) is 8.15. The molecule has 0 aliphatic rings. The molecule has 0 aromatic heterocycles. The van der Waals surface area contributed by atoms with Crippen molar-refractivity contribution in [3.63, 3.8) is 0 Å². The number of halogens is 4. The van der Waals surface area contributed by atoms with Gasteiger partial charge in [0.2, 0.25) is 0 Å². The average molecular weight is 390 g/mol. The number of carbonyl (C=O) groups excluding carboxylic acids is 1. The van der Waals surface area contributed by atoms with Crippen LogP contribution in [0.25, 0.3) is 10.8 Å². The standard InChI is InChI=1S/C21H14F4O3/c1-2-11-27-15-6-3-13(4-7-15)20(26)28-16-8-9-17-14(12-16)5-10-18(19(17)22)21(23,24)25/h2-10,12H,1,11H2. The Labute approximate surface area is 157 Å². The largest absolute Gasteiger partial charge is 0.490 e. The predicted octanol–water partition coefficient (Wildman–Crippen LogP) is 5.78. The fraction of sp³-hybridized carbons (Fsp3) is 0.0952. The number of alkyl halides is 3. The van der Waals surface area contributed by atoms with Crippen molar-refractivity contribution >= 4 is 16.7 Å². The molecule has 0 N–H and O–H groups in total. The van der Waals surface area contributed by atoms with Crippen LogP contribution in [-0.2, 0) is 6.18 Å². The van der Waals surface area contributed by atoms with Crippen LogP contribution in [0.15, 0.2) is 67.3 Å². The van der Waals surface area contributed by atoms with Crippen LogP contribution in [0.5, 0.6) is 11.5 Å². The Bertz CT molecular complexity index is 1020. The molecule has 0 atom stereocenters. The van der Waals surface area contributed by atoms with Gasteiger partial charge in [0.25, 0.3) is 0 Å². The van der Waals surface area contributed by atoms with E-state index in [-0.39, 0.29) is 22.1 Å². The van der Waals surface area contributed by atoms with E-state index in [0.717, 1.165) is 12.1 Å². The zero-order chi connectivity index (χ0) is 20.3. The highest BCUT2D eigenvalue weighted by Crippen LogP contribution is 2.35. The van der Waals surface area contributed by atoms with Crippen LogP contribution < -0.4 is 9.47 Å². The van der Waals surface area contributed by atoms with Gasteiger partial charge < -0.3 is 9.47 Å². The molecule has 3 nitrogen and oxygen atoms in total. The molecular formula is C21H14F4O3. The molecule has 3 aromatic rings. The van der Waals surface area contributed by atoms with E-state index in [2.05, 4.69) is 6.58 Å². The lowest BCUT2D eigenvalue weighted by molar-refractivity contribution is -0.139. The summed E-state index contributed by atoms with van der Waals surface area (Å²) in [5.41, 5.74) is -1.09. The normalized spacial score (nSPS) is 11.3. The molecule has 7 heteroatoms. The zero-order valence-corrected chi connectivity index (χ0v) is 14.4. The summed E-state index contributed by atoms with van der Waals surface area (Å²) in [4.78, 5) is 12.2. The van der Waals surface area contributed by atoms with Gasteiger partial charge in [-0.25, -0.2) is 9.18 Å². The molecule has 0 aliphatic carbocycles. The quantitative estimate of drug-likeness (QED) is 0.240. The van der Waals surface area contributed by atoms with Crippen LogP contribution in [-0.4, -0.2) is 12.6 Å². The van der Waals surface area contributed by atoms with Gasteiger partial charge in [-0.05, 0) is 53.9 Å². The minimum Gasteiger partial charge on any atom is -0.490 e. The van der Waals surface area contributed by atoms with Crippen molar-refractivity contribution in [2.45, 2.75) is 6.18 Å². The van der Waals surface area contributed by atoms with Crippen molar-refractivity contribution in [1.82, 2.24) is 0 Å². The molecule has 3 aromatic carbocycles. The maximum Gasteiger partial charge on any atom is 0.419 e. The molecule has 0 saturated heterocycles. The van der Waals surface area contributed by atoms with Gasteiger partial charge in [-0.15, -0.1) is 0 Å². The summed E-state index contributed by atoms with van der Waals surface area (Å²) in [7, 11) is 0. The highest BCUT2D eigenvalue weighted by atomic mass is 19.4. The molecular weight excluding hydrogens is 376 g/mol. The van der Waals surface area contributed by atoms with Gasteiger partial charge >= 0.3 is 12.1 Å². The number of carbonyl (C=O) groups is 1. The van der Waals surface area contributed by atoms with Crippen LogP contribution in [0.3, 0.4) is 0 Å². The second kappa shape index (κ2) is 7.72. The number of rotatable bonds is 5. The Morgan fingerprint density at radius 2 is 1.68 bits per heavy atom. The smallest absolute Gasteiger partial charge is 0.419 e. The van der Waals surface area contributed by atoms with Crippen molar-refractivity contribution < 1.29 is 31.8 Å². The molecule has 3 rings (SSSR count). The summed E-state index contributed by atoms with van der Waals surface area (Å²) < 4.78 is 63.0. The van der Waals surface area contributed by atoms with Gasteiger partial charge in [0.1, 0.15) is 23.9 Å². The summed E-state index contributed by atoms with van der Waals surface area (Å²) in [5, 5.41) is -0.0256. The van der Waals surface area contributed by atoms with Gasteiger partial charge in [0.05, 0.1) is 11.1 Å². The molecule has 0 radical (unpaired) electrons. The fourth-order valence-electron chi connectivity index (χ4n) is 2.56.